The number of thioether (sulfide) groups is 2. The van der Waals surface area contributed by atoms with Crippen LogP contribution in [0.1, 0.15) is 27.2 Å². The van der Waals surface area contributed by atoms with Crippen LogP contribution >= 0.6 is 34.9 Å². The fourth-order valence-electron chi connectivity index (χ4n) is 1.51. The van der Waals surface area contributed by atoms with E-state index >= 15 is 0 Å². The minimum atomic E-state index is 0.389. The first-order valence-corrected chi connectivity index (χ1v) is 8.96. The molecule has 0 fully saturated rings. The molecule has 2 rings (SSSR count). The van der Waals surface area contributed by atoms with E-state index in [1.807, 2.05) is 23.5 Å². The average molecular weight is 298 g/mol. The molecule has 0 saturated carbocycles. The lowest BCUT2D eigenvalue weighted by Crippen LogP contribution is -2.08. The summed E-state index contributed by atoms with van der Waals surface area (Å²) >= 11 is 5.74. The van der Waals surface area contributed by atoms with Crippen molar-refractivity contribution in [2.45, 2.75) is 36.3 Å². The van der Waals surface area contributed by atoms with E-state index in [2.05, 4.69) is 50.0 Å². The summed E-state index contributed by atoms with van der Waals surface area (Å²) in [5.41, 5.74) is 1.13. The molecule has 0 bridgehead atoms. The van der Waals surface area contributed by atoms with Gasteiger partial charge in [0.15, 0.2) is 4.34 Å². The molecule has 0 aliphatic heterocycles. The number of fused-ring (bicyclic) bond motifs is 1. The third-order valence-electron chi connectivity index (χ3n) is 2.32. The first kappa shape index (κ1) is 14.2. The molecule has 18 heavy (non-hydrogen) atoms. The van der Waals surface area contributed by atoms with Crippen LogP contribution in [0, 0.1) is 0 Å². The maximum atomic E-state index is 4.63. The average Bonchev–Trinajstić information content (AvgIpc) is 2.69. The minimum absolute atomic E-state index is 0.389. The van der Waals surface area contributed by atoms with Crippen LogP contribution in [0.15, 0.2) is 28.6 Å². The predicted octanol–water partition coefficient (Wildman–Crippen LogP) is 5.31. The molecule has 0 amide bonds. The maximum Gasteiger partial charge on any atom is 0.151 e. The smallest absolute Gasteiger partial charge is 0.151 e. The van der Waals surface area contributed by atoms with Gasteiger partial charge in [-0.05, 0) is 24.3 Å². The van der Waals surface area contributed by atoms with Crippen molar-refractivity contribution in [2.24, 2.45) is 0 Å². The summed E-state index contributed by atoms with van der Waals surface area (Å²) in [6.07, 6.45) is 1.25. The number of nitrogens with zero attached hydrogens (tertiary/aromatic N) is 1. The molecule has 98 valence electrons. The standard InChI is InChI=1S/C14H19NS3/c1-14(2,3)17-10-6-9-16-13-15-11-7-4-5-8-12(11)18-13/h4-5,7-8H,6,9-10H2,1-3H3. The fourth-order valence-corrected chi connectivity index (χ4v) is 4.67. The van der Waals surface area contributed by atoms with Gasteiger partial charge in [0.25, 0.3) is 0 Å². The van der Waals surface area contributed by atoms with Gasteiger partial charge in [-0.15, -0.1) is 11.3 Å². The number of para-hydroxylation sites is 1. The third kappa shape index (κ3) is 4.48. The van der Waals surface area contributed by atoms with Gasteiger partial charge in [-0.25, -0.2) is 4.98 Å². The fraction of sp³-hybridized carbons (Fsp3) is 0.500. The Morgan fingerprint density at radius 1 is 1.17 bits per heavy atom. The Morgan fingerprint density at radius 3 is 2.67 bits per heavy atom. The summed E-state index contributed by atoms with van der Waals surface area (Å²) < 4.78 is 2.89. The number of thiazole rings is 1. The molecule has 0 N–H and O–H groups in total. The highest BCUT2D eigenvalue weighted by Crippen LogP contribution is 2.30. The summed E-state index contributed by atoms with van der Waals surface area (Å²) in [5, 5.41) is 0. The quantitative estimate of drug-likeness (QED) is 0.548. The van der Waals surface area contributed by atoms with Crippen molar-refractivity contribution in [1.29, 1.82) is 0 Å². The van der Waals surface area contributed by atoms with Crippen LogP contribution in [0.4, 0.5) is 0 Å². The van der Waals surface area contributed by atoms with Crippen molar-refractivity contribution in [3.05, 3.63) is 24.3 Å². The number of aromatic nitrogens is 1. The molecule has 0 radical (unpaired) electrons. The van der Waals surface area contributed by atoms with Crippen molar-refractivity contribution in [3.63, 3.8) is 0 Å². The molecular weight excluding hydrogens is 278 g/mol. The Bertz CT molecular complexity index is 466. The monoisotopic (exact) mass is 297 g/mol. The topological polar surface area (TPSA) is 12.9 Å². The minimum Gasteiger partial charge on any atom is -0.230 e. The highest BCUT2D eigenvalue weighted by Gasteiger charge is 2.09. The lowest BCUT2D eigenvalue weighted by atomic mass is 10.3. The van der Waals surface area contributed by atoms with E-state index in [1.165, 1.54) is 27.0 Å². The Kier molecular flexibility index (Phi) is 4.98. The number of hydrogen-bond acceptors (Lipinski definition) is 4. The van der Waals surface area contributed by atoms with E-state index < -0.39 is 0 Å². The van der Waals surface area contributed by atoms with Gasteiger partial charge >= 0.3 is 0 Å². The van der Waals surface area contributed by atoms with E-state index in [9.17, 15) is 0 Å². The van der Waals surface area contributed by atoms with Crippen molar-refractivity contribution in [1.82, 2.24) is 4.98 Å². The molecule has 1 nitrogen and oxygen atoms in total. The molecule has 1 heterocycles. The molecule has 0 atom stereocenters. The van der Waals surface area contributed by atoms with Crippen LogP contribution in [0.2, 0.25) is 0 Å². The summed E-state index contributed by atoms with van der Waals surface area (Å²) in [6.45, 7) is 6.83. The lowest BCUT2D eigenvalue weighted by molar-refractivity contribution is 0.801. The zero-order valence-corrected chi connectivity index (χ0v) is 13.6. The van der Waals surface area contributed by atoms with Crippen LogP contribution in [-0.4, -0.2) is 21.2 Å². The van der Waals surface area contributed by atoms with Gasteiger partial charge in [0, 0.05) is 10.5 Å². The van der Waals surface area contributed by atoms with Crippen molar-refractivity contribution in [2.75, 3.05) is 11.5 Å². The molecule has 0 saturated heterocycles. The van der Waals surface area contributed by atoms with Crippen LogP contribution in [0.25, 0.3) is 10.2 Å². The van der Waals surface area contributed by atoms with Crippen LogP contribution < -0.4 is 0 Å². The Hall–Kier alpha value is -0.190. The first-order chi connectivity index (χ1) is 8.54. The molecule has 2 aromatic rings. The molecule has 0 aliphatic rings. The molecule has 0 aliphatic carbocycles. The Morgan fingerprint density at radius 2 is 1.94 bits per heavy atom. The molecule has 0 unspecified atom stereocenters. The van der Waals surface area contributed by atoms with Crippen molar-refractivity contribution in [3.8, 4) is 0 Å². The zero-order valence-electron chi connectivity index (χ0n) is 11.1. The van der Waals surface area contributed by atoms with Gasteiger partial charge in [0.1, 0.15) is 0 Å². The van der Waals surface area contributed by atoms with Crippen LogP contribution in [0.5, 0.6) is 0 Å². The molecule has 1 aromatic carbocycles. The van der Waals surface area contributed by atoms with Gasteiger partial charge in [-0.3, -0.25) is 0 Å². The van der Waals surface area contributed by atoms with Crippen LogP contribution in [0.3, 0.4) is 0 Å². The predicted molar refractivity (Wildman–Crippen MR) is 87.2 cm³/mol. The van der Waals surface area contributed by atoms with Gasteiger partial charge < -0.3 is 0 Å². The van der Waals surface area contributed by atoms with E-state index in [4.69, 9.17) is 0 Å². The van der Waals surface area contributed by atoms with Gasteiger partial charge in [-0.2, -0.15) is 11.8 Å². The summed E-state index contributed by atoms with van der Waals surface area (Å²) in [7, 11) is 0. The normalized spacial score (nSPS) is 12.2. The second kappa shape index (κ2) is 6.31. The van der Waals surface area contributed by atoms with Gasteiger partial charge in [0.05, 0.1) is 10.2 Å². The van der Waals surface area contributed by atoms with Gasteiger partial charge in [0.2, 0.25) is 0 Å². The summed E-state index contributed by atoms with van der Waals surface area (Å²) in [4.78, 5) is 4.63. The maximum absolute atomic E-state index is 4.63. The summed E-state index contributed by atoms with van der Waals surface area (Å²) in [5.74, 6) is 2.41. The second-order valence-electron chi connectivity index (χ2n) is 5.11. The molecular formula is C14H19NS3. The number of hydrogen-bond donors (Lipinski definition) is 0. The first-order valence-electron chi connectivity index (χ1n) is 6.17. The lowest BCUT2D eigenvalue weighted by Gasteiger charge is -2.16. The summed E-state index contributed by atoms with van der Waals surface area (Å²) in [6, 6.07) is 8.36. The van der Waals surface area contributed by atoms with E-state index in [-0.39, 0.29) is 0 Å². The van der Waals surface area contributed by atoms with Gasteiger partial charge in [-0.1, -0.05) is 44.7 Å². The number of benzene rings is 1. The molecule has 1 aromatic heterocycles. The van der Waals surface area contributed by atoms with Crippen molar-refractivity contribution >= 4 is 45.1 Å². The van der Waals surface area contributed by atoms with Crippen LogP contribution in [-0.2, 0) is 0 Å². The van der Waals surface area contributed by atoms with Crippen molar-refractivity contribution < 1.29 is 0 Å². The molecule has 4 heteroatoms. The second-order valence-corrected chi connectivity index (χ2v) is 9.40. The highest BCUT2D eigenvalue weighted by molar-refractivity contribution is 8.01. The zero-order chi connectivity index (χ0) is 13.0. The Balaban J connectivity index is 1.77. The molecule has 0 spiro atoms. The highest BCUT2D eigenvalue weighted by atomic mass is 32.2. The Labute approximate surface area is 122 Å². The largest absolute Gasteiger partial charge is 0.230 e. The van der Waals surface area contributed by atoms with E-state index in [0.29, 0.717) is 4.75 Å². The van der Waals surface area contributed by atoms with E-state index in [1.54, 1.807) is 11.3 Å². The third-order valence-corrected chi connectivity index (χ3v) is 5.95. The SMILES string of the molecule is CC(C)(C)SCCCSc1nc2ccccc2s1. The van der Waals surface area contributed by atoms with E-state index in [0.717, 1.165) is 5.52 Å². The number of rotatable bonds is 5.